The van der Waals surface area contributed by atoms with Crippen LogP contribution in [-0.2, 0) is 6.42 Å². The maximum atomic E-state index is 5.68. The molecule has 5 nitrogen and oxygen atoms in total. The molecular weight excluding hydrogens is 258 g/mol. The molecule has 0 amide bonds. The number of hydrogen-bond donors (Lipinski definition) is 1. The van der Waals surface area contributed by atoms with Gasteiger partial charge in [0.1, 0.15) is 11.3 Å². The lowest BCUT2D eigenvalue weighted by Gasteiger charge is -2.12. The minimum Gasteiger partial charge on any atom is -0.375 e. The third-order valence-corrected chi connectivity index (χ3v) is 3.71. The molecule has 3 aromatic rings. The second kappa shape index (κ2) is 4.62. The van der Waals surface area contributed by atoms with Crippen molar-refractivity contribution >= 4 is 27.5 Å². The quantitative estimate of drug-likeness (QED) is 0.796. The van der Waals surface area contributed by atoms with Crippen LogP contribution >= 0.6 is 11.3 Å². The van der Waals surface area contributed by atoms with Gasteiger partial charge in [0.05, 0.1) is 17.4 Å². The SMILES string of the molecule is CC(C)n1c(Cc2csc(N)n2)nc2cnccc21. The first kappa shape index (κ1) is 12.1. The molecule has 0 saturated carbocycles. The molecule has 0 saturated heterocycles. The van der Waals surface area contributed by atoms with Crippen molar-refractivity contribution in [2.24, 2.45) is 0 Å². The van der Waals surface area contributed by atoms with E-state index in [1.54, 1.807) is 12.4 Å². The van der Waals surface area contributed by atoms with Gasteiger partial charge in [-0.05, 0) is 19.9 Å². The molecule has 0 unspecified atom stereocenters. The fourth-order valence-corrected chi connectivity index (χ4v) is 2.83. The van der Waals surface area contributed by atoms with Crippen molar-refractivity contribution in [2.45, 2.75) is 26.3 Å². The Hall–Kier alpha value is -1.95. The highest BCUT2D eigenvalue weighted by atomic mass is 32.1. The predicted octanol–water partition coefficient (Wildman–Crippen LogP) is 2.64. The summed E-state index contributed by atoms with van der Waals surface area (Å²) in [5, 5.41) is 2.58. The normalized spacial score (nSPS) is 11.5. The van der Waals surface area contributed by atoms with Gasteiger partial charge in [-0.1, -0.05) is 0 Å². The second-order valence-electron chi connectivity index (χ2n) is 4.71. The van der Waals surface area contributed by atoms with Crippen molar-refractivity contribution in [3.05, 3.63) is 35.4 Å². The van der Waals surface area contributed by atoms with E-state index in [9.17, 15) is 0 Å². The van der Waals surface area contributed by atoms with Gasteiger partial charge in [-0.3, -0.25) is 4.98 Å². The molecule has 0 aliphatic carbocycles. The van der Waals surface area contributed by atoms with Crippen LogP contribution in [0.15, 0.2) is 23.8 Å². The van der Waals surface area contributed by atoms with Crippen LogP contribution in [0.5, 0.6) is 0 Å². The molecule has 98 valence electrons. The fraction of sp³-hybridized carbons (Fsp3) is 0.308. The molecule has 0 bridgehead atoms. The zero-order chi connectivity index (χ0) is 13.4. The van der Waals surface area contributed by atoms with Gasteiger partial charge in [0, 0.05) is 24.0 Å². The third kappa shape index (κ3) is 2.19. The van der Waals surface area contributed by atoms with Crippen LogP contribution < -0.4 is 5.73 Å². The zero-order valence-corrected chi connectivity index (χ0v) is 11.7. The Morgan fingerprint density at radius 2 is 2.21 bits per heavy atom. The van der Waals surface area contributed by atoms with Crippen LogP contribution in [0, 0.1) is 0 Å². The van der Waals surface area contributed by atoms with E-state index in [4.69, 9.17) is 5.73 Å². The van der Waals surface area contributed by atoms with Gasteiger partial charge in [0.2, 0.25) is 0 Å². The summed E-state index contributed by atoms with van der Waals surface area (Å²) in [7, 11) is 0. The molecule has 0 atom stereocenters. The highest BCUT2D eigenvalue weighted by molar-refractivity contribution is 7.13. The number of imidazole rings is 1. The van der Waals surface area contributed by atoms with Gasteiger partial charge >= 0.3 is 0 Å². The van der Waals surface area contributed by atoms with Crippen LogP contribution in [0.2, 0.25) is 0 Å². The maximum absolute atomic E-state index is 5.68. The van der Waals surface area contributed by atoms with Crippen LogP contribution in [0.3, 0.4) is 0 Å². The molecule has 2 N–H and O–H groups in total. The van der Waals surface area contributed by atoms with E-state index in [0.29, 0.717) is 17.6 Å². The number of thiazole rings is 1. The number of anilines is 1. The number of nitrogens with zero attached hydrogens (tertiary/aromatic N) is 4. The summed E-state index contributed by atoms with van der Waals surface area (Å²) in [6, 6.07) is 2.35. The van der Waals surface area contributed by atoms with Crippen LogP contribution in [0.4, 0.5) is 5.13 Å². The number of aromatic nitrogens is 4. The molecule has 0 radical (unpaired) electrons. The molecule has 3 rings (SSSR count). The largest absolute Gasteiger partial charge is 0.375 e. The number of fused-ring (bicyclic) bond motifs is 1. The van der Waals surface area contributed by atoms with Gasteiger partial charge in [-0.2, -0.15) is 0 Å². The van der Waals surface area contributed by atoms with Gasteiger partial charge in [0.15, 0.2) is 5.13 Å². The first-order valence-electron chi connectivity index (χ1n) is 6.16. The van der Waals surface area contributed by atoms with Crippen LogP contribution in [-0.4, -0.2) is 19.5 Å². The fourth-order valence-electron chi connectivity index (χ4n) is 2.27. The van der Waals surface area contributed by atoms with Crippen molar-refractivity contribution in [2.75, 3.05) is 5.73 Å². The van der Waals surface area contributed by atoms with E-state index in [2.05, 4.69) is 33.4 Å². The lowest BCUT2D eigenvalue weighted by Crippen LogP contribution is -2.07. The Kier molecular flexibility index (Phi) is 2.94. The van der Waals surface area contributed by atoms with Gasteiger partial charge < -0.3 is 10.3 Å². The van der Waals surface area contributed by atoms with E-state index < -0.39 is 0 Å². The Labute approximate surface area is 115 Å². The Morgan fingerprint density at radius 3 is 2.89 bits per heavy atom. The molecule has 19 heavy (non-hydrogen) atoms. The smallest absolute Gasteiger partial charge is 0.180 e. The molecule has 3 aromatic heterocycles. The molecule has 0 aliphatic rings. The summed E-state index contributed by atoms with van der Waals surface area (Å²) in [5.41, 5.74) is 8.68. The average molecular weight is 273 g/mol. The highest BCUT2D eigenvalue weighted by Gasteiger charge is 2.14. The summed E-state index contributed by atoms with van der Waals surface area (Å²) in [5.74, 6) is 1.00. The van der Waals surface area contributed by atoms with Crippen LogP contribution in [0.1, 0.15) is 31.4 Å². The van der Waals surface area contributed by atoms with E-state index in [1.165, 1.54) is 11.3 Å². The predicted molar refractivity (Wildman–Crippen MR) is 77.2 cm³/mol. The first-order valence-corrected chi connectivity index (χ1v) is 7.04. The number of pyridine rings is 1. The van der Waals surface area contributed by atoms with E-state index >= 15 is 0 Å². The first-order chi connectivity index (χ1) is 9.15. The minimum absolute atomic E-state index is 0.346. The monoisotopic (exact) mass is 273 g/mol. The number of rotatable bonds is 3. The van der Waals surface area contributed by atoms with E-state index in [1.807, 2.05) is 11.4 Å². The van der Waals surface area contributed by atoms with Gasteiger partial charge in [0.25, 0.3) is 0 Å². The van der Waals surface area contributed by atoms with Crippen molar-refractivity contribution in [3.63, 3.8) is 0 Å². The third-order valence-electron chi connectivity index (χ3n) is 2.99. The van der Waals surface area contributed by atoms with Crippen LogP contribution in [0.25, 0.3) is 11.0 Å². The van der Waals surface area contributed by atoms with Crippen molar-refractivity contribution in [1.29, 1.82) is 0 Å². The summed E-state index contributed by atoms with van der Waals surface area (Å²) in [4.78, 5) is 13.1. The van der Waals surface area contributed by atoms with Crippen molar-refractivity contribution in [3.8, 4) is 0 Å². The minimum atomic E-state index is 0.346. The molecule has 3 heterocycles. The lowest BCUT2D eigenvalue weighted by atomic mass is 10.3. The molecule has 6 heteroatoms. The standard InChI is InChI=1S/C13H15N5S/c1-8(2)18-11-3-4-15-6-10(11)17-12(18)5-9-7-19-13(14)16-9/h3-4,6-8H,5H2,1-2H3,(H2,14,16). The molecule has 0 spiro atoms. The summed E-state index contributed by atoms with van der Waals surface area (Å²) < 4.78 is 2.23. The number of hydrogen-bond acceptors (Lipinski definition) is 5. The average Bonchev–Trinajstić information content (AvgIpc) is 2.92. The van der Waals surface area contributed by atoms with E-state index in [-0.39, 0.29) is 0 Å². The molecular formula is C13H15N5S. The summed E-state index contributed by atoms with van der Waals surface area (Å²) >= 11 is 1.46. The zero-order valence-electron chi connectivity index (χ0n) is 10.9. The lowest BCUT2D eigenvalue weighted by molar-refractivity contribution is 0.590. The topological polar surface area (TPSA) is 69.6 Å². The maximum Gasteiger partial charge on any atom is 0.180 e. The Bertz CT molecular complexity index is 713. The number of nitrogen functional groups attached to an aromatic ring is 1. The Morgan fingerprint density at radius 1 is 1.37 bits per heavy atom. The number of nitrogens with two attached hydrogens (primary N) is 1. The van der Waals surface area contributed by atoms with Gasteiger partial charge in [-0.25, -0.2) is 9.97 Å². The summed E-state index contributed by atoms with van der Waals surface area (Å²) in [6.45, 7) is 4.31. The van der Waals surface area contributed by atoms with Crippen molar-refractivity contribution < 1.29 is 0 Å². The van der Waals surface area contributed by atoms with Crippen molar-refractivity contribution in [1.82, 2.24) is 19.5 Å². The summed E-state index contributed by atoms with van der Waals surface area (Å²) in [6.07, 6.45) is 4.29. The highest BCUT2D eigenvalue weighted by Crippen LogP contribution is 2.23. The second-order valence-corrected chi connectivity index (χ2v) is 5.60. The molecule has 0 aliphatic heterocycles. The van der Waals surface area contributed by atoms with Gasteiger partial charge in [-0.15, -0.1) is 11.3 Å². The van der Waals surface area contributed by atoms with E-state index in [0.717, 1.165) is 22.6 Å². The Balaban J connectivity index is 2.09. The molecule has 0 aromatic carbocycles. The molecule has 0 fully saturated rings.